The molecule has 0 saturated carbocycles. The predicted molar refractivity (Wildman–Crippen MR) is 85.2 cm³/mol. The predicted octanol–water partition coefficient (Wildman–Crippen LogP) is 0.995. The Morgan fingerprint density at radius 3 is 2.22 bits per heavy atom. The molecule has 1 rings (SSSR count). The number of hydrogen-bond donors (Lipinski definition) is 1. The zero-order valence-corrected chi connectivity index (χ0v) is 14.3. The maximum atomic E-state index is 12.6. The van der Waals surface area contributed by atoms with Gasteiger partial charge in [0.2, 0.25) is 15.9 Å². The van der Waals surface area contributed by atoms with Crippen LogP contribution in [0.15, 0.2) is 29.2 Å². The van der Waals surface area contributed by atoms with Crippen LogP contribution in [0.4, 0.5) is 0 Å². The molecule has 23 heavy (non-hydrogen) atoms. The summed E-state index contributed by atoms with van der Waals surface area (Å²) in [5.41, 5.74) is 5.40. The molecule has 0 spiro atoms. The van der Waals surface area contributed by atoms with E-state index in [0.29, 0.717) is 0 Å². The Bertz CT molecular complexity index is 653. The van der Waals surface area contributed by atoms with Crippen molar-refractivity contribution in [3.63, 3.8) is 0 Å². The highest BCUT2D eigenvalue weighted by Gasteiger charge is 2.26. The summed E-state index contributed by atoms with van der Waals surface area (Å²) in [6, 6.07) is 5.39. The minimum atomic E-state index is -3.87. The monoisotopic (exact) mass is 342 g/mol. The quantitative estimate of drug-likeness (QED) is 0.709. The molecule has 1 aromatic rings. The van der Waals surface area contributed by atoms with Gasteiger partial charge in [0.1, 0.15) is 0 Å². The van der Waals surface area contributed by atoms with Gasteiger partial charge in [0.05, 0.1) is 23.6 Å². The Labute approximate surface area is 136 Å². The van der Waals surface area contributed by atoms with Gasteiger partial charge < -0.3 is 10.5 Å². The van der Waals surface area contributed by atoms with E-state index in [9.17, 15) is 18.0 Å². The van der Waals surface area contributed by atoms with Crippen molar-refractivity contribution < 1.29 is 22.7 Å². The van der Waals surface area contributed by atoms with Crippen molar-refractivity contribution in [3.8, 4) is 0 Å². The smallest absolute Gasteiger partial charge is 0.338 e. The lowest BCUT2D eigenvalue weighted by atomic mass is 10.2. The fourth-order valence-corrected chi connectivity index (χ4v) is 3.52. The number of ether oxygens (including phenoxy) is 1. The summed E-state index contributed by atoms with van der Waals surface area (Å²) in [5.74, 6) is -1.21. The molecular weight excluding hydrogens is 320 g/mol. The number of sulfonamides is 1. The lowest BCUT2D eigenvalue weighted by Gasteiger charge is -2.22. The van der Waals surface area contributed by atoms with Crippen molar-refractivity contribution in [1.29, 1.82) is 0 Å². The average Bonchev–Trinajstić information content (AvgIpc) is 2.46. The van der Waals surface area contributed by atoms with E-state index in [4.69, 9.17) is 10.5 Å². The van der Waals surface area contributed by atoms with E-state index in [2.05, 4.69) is 0 Å². The maximum Gasteiger partial charge on any atom is 0.338 e. The highest BCUT2D eigenvalue weighted by Crippen LogP contribution is 2.18. The van der Waals surface area contributed by atoms with Gasteiger partial charge in [0.25, 0.3) is 0 Å². The molecular formula is C15H22N2O5S. The van der Waals surface area contributed by atoms with Gasteiger partial charge in [-0.05, 0) is 37.1 Å². The normalized spacial score (nSPS) is 11.7. The number of esters is 1. The fourth-order valence-electron chi connectivity index (χ4n) is 1.96. The zero-order chi connectivity index (χ0) is 17.6. The van der Waals surface area contributed by atoms with Crippen LogP contribution in [0.1, 0.15) is 31.1 Å². The minimum absolute atomic E-state index is 0.00699. The molecule has 0 fully saturated rings. The number of nitrogens with zero attached hydrogens (tertiary/aromatic N) is 1. The minimum Gasteiger partial charge on any atom is -0.462 e. The molecule has 0 unspecified atom stereocenters. The largest absolute Gasteiger partial charge is 0.462 e. The van der Waals surface area contributed by atoms with Gasteiger partial charge in [0, 0.05) is 6.54 Å². The van der Waals surface area contributed by atoms with Crippen LogP contribution in [0.3, 0.4) is 0 Å². The Morgan fingerprint density at radius 1 is 1.22 bits per heavy atom. The molecule has 0 bridgehead atoms. The summed E-state index contributed by atoms with van der Waals surface area (Å²) >= 11 is 0. The number of hydrogen-bond acceptors (Lipinski definition) is 5. The molecule has 2 N–H and O–H groups in total. The zero-order valence-electron chi connectivity index (χ0n) is 13.5. The summed E-state index contributed by atoms with van der Waals surface area (Å²) in [5, 5.41) is 0. The second-order valence-corrected chi connectivity index (χ2v) is 7.34. The number of benzene rings is 1. The van der Waals surface area contributed by atoms with E-state index in [0.717, 1.165) is 4.31 Å². The van der Waals surface area contributed by atoms with Crippen LogP contribution in [0.2, 0.25) is 0 Å². The van der Waals surface area contributed by atoms with Crippen LogP contribution >= 0.6 is 0 Å². The van der Waals surface area contributed by atoms with Gasteiger partial charge in [-0.1, -0.05) is 13.8 Å². The molecule has 1 aromatic carbocycles. The number of nitrogens with two attached hydrogens (primary N) is 1. The van der Waals surface area contributed by atoms with Gasteiger partial charge in [-0.15, -0.1) is 0 Å². The number of rotatable bonds is 8. The van der Waals surface area contributed by atoms with Crippen molar-refractivity contribution in [3.05, 3.63) is 29.8 Å². The summed E-state index contributed by atoms with van der Waals surface area (Å²) in [6.07, 6.45) is 0. The third-order valence-corrected chi connectivity index (χ3v) is 4.73. The number of carbonyl (C=O) groups excluding carboxylic acids is 2. The Morgan fingerprint density at radius 2 is 1.78 bits per heavy atom. The molecule has 0 aliphatic carbocycles. The topological polar surface area (TPSA) is 107 Å². The van der Waals surface area contributed by atoms with Gasteiger partial charge in [-0.2, -0.15) is 4.31 Å². The second-order valence-electron chi connectivity index (χ2n) is 5.40. The van der Waals surface area contributed by atoms with Crippen LogP contribution in [-0.2, 0) is 19.6 Å². The summed E-state index contributed by atoms with van der Waals surface area (Å²) in [6.45, 7) is 5.38. The first-order valence-corrected chi connectivity index (χ1v) is 8.68. The van der Waals surface area contributed by atoms with Crippen LogP contribution in [0.25, 0.3) is 0 Å². The SMILES string of the molecule is CCOC(=O)c1ccc(S(=O)(=O)N(CC(N)=O)CC(C)C)cc1. The molecule has 0 atom stereocenters. The van der Waals surface area contributed by atoms with Gasteiger partial charge in [0.15, 0.2) is 0 Å². The van der Waals surface area contributed by atoms with E-state index < -0.39 is 21.9 Å². The standard InChI is InChI=1S/C15H22N2O5S/c1-4-22-15(19)12-5-7-13(8-6-12)23(20,21)17(9-11(2)3)10-14(16)18/h5-8,11H,4,9-10H2,1-3H3,(H2,16,18). The first-order chi connectivity index (χ1) is 10.7. The highest BCUT2D eigenvalue weighted by atomic mass is 32.2. The van der Waals surface area contributed by atoms with Crippen molar-refractivity contribution in [2.75, 3.05) is 19.7 Å². The molecule has 0 aliphatic heterocycles. The van der Waals surface area contributed by atoms with E-state index >= 15 is 0 Å². The van der Waals surface area contributed by atoms with Crippen LogP contribution in [-0.4, -0.2) is 44.3 Å². The number of carbonyl (C=O) groups is 2. The molecule has 8 heteroatoms. The van der Waals surface area contributed by atoms with E-state index in [-0.39, 0.29) is 36.1 Å². The molecule has 0 saturated heterocycles. The highest BCUT2D eigenvalue weighted by molar-refractivity contribution is 7.89. The van der Waals surface area contributed by atoms with E-state index in [1.165, 1.54) is 24.3 Å². The molecule has 1 amide bonds. The van der Waals surface area contributed by atoms with Crippen LogP contribution in [0.5, 0.6) is 0 Å². The molecule has 7 nitrogen and oxygen atoms in total. The van der Waals surface area contributed by atoms with Crippen LogP contribution in [0, 0.1) is 5.92 Å². The molecule has 128 valence electrons. The summed E-state index contributed by atoms with van der Waals surface area (Å²) in [4.78, 5) is 22.7. The first kappa shape index (κ1) is 19.1. The first-order valence-electron chi connectivity index (χ1n) is 7.24. The van der Waals surface area contributed by atoms with E-state index in [1.807, 2.05) is 13.8 Å². The van der Waals surface area contributed by atoms with Gasteiger partial charge in [-0.25, -0.2) is 13.2 Å². The van der Waals surface area contributed by atoms with Crippen LogP contribution < -0.4 is 5.73 Å². The number of amides is 1. The third-order valence-electron chi connectivity index (χ3n) is 2.90. The van der Waals surface area contributed by atoms with Gasteiger partial charge in [-0.3, -0.25) is 4.79 Å². The molecule has 0 aromatic heterocycles. The van der Waals surface area contributed by atoms with Crippen molar-refractivity contribution in [1.82, 2.24) is 4.31 Å². The third kappa shape index (κ3) is 5.33. The summed E-state index contributed by atoms with van der Waals surface area (Å²) in [7, 11) is -3.87. The second kappa shape index (κ2) is 8.07. The van der Waals surface area contributed by atoms with Crippen molar-refractivity contribution in [2.45, 2.75) is 25.7 Å². The lowest BCUT2D eigenvalue weighted by molar-refractivity contribution is -0.118. The Kier molecular flexibility index (Phi) is 6.71. The average molecular weight is 342 g/mol. The number of primary amides is 1. The summed E-state index contributed by atoms with van der Waals surface area (Å²) < 4.78 is 31.1. The molecule has 0 aliphatic rings. The Balaban J connectivity index is 3.09. The lowest BCUT2D eigenvalue weighted by Crippen LogP contribution is -2.40. The Hall–Kier alpha value is -1.93. The van der Waals surface area contributed by atoms with Gasteiger partial charge >= 0.3 is 5.97 Å². The van der Waals surface area contributed by atoms with Crippen molar-refractivity contribution in [2.24, 2.45) is 11.7 Å². The van der Waals surface area contributed by atoms with E-state index in [1.54, 1.807) is 6.92 Å². The fraction of sp³-hybridized carbons (Fsp3) is 0.467. The molecule has 0 radical (unpaired) electrons. The van der Waals surface area contributed by atoms with Crippen molar-refractivity contribution >= 4 is 21.9 Å². The molecule has 0 heterocycles. The maximum absolute atomic E-state index is 12.6.